The average molecular weight is 431 g/mol. The van der Waals surface area contributed by atoms with Crippen LogP contribution in [0.5, 0.6) is 0 Å². The van der Waals surface area contributed by atoms with Crippen LogP contribution in [0.4, 0.5) is 0 Å². The van der Waals surface area contributed by atoms with Crippen LogP contribution in [0.15, 0.2) is 73.2 Å². The number of amides is 1. The number of hydrogen-bond donors (Lipinski definition) is 1. The Labute approximate surface area is 184 Å². The van der Waals surface area contributed by atoms with E-state index < -0.39 is 0 Å². The average Bonchev–Trinajstić information content (AvgIpc) is 3.21. The molecule has 0 unspecified atom stereocenters. The van der Waals surface area contributed by atoms with Crippen molar-refractivity contribution < 1.29 is 4.79 Å². The SMILES string of the molecule is O=C(N[C@H]1C[C@H](c2nnc(-c3ccncn3)n2-c2ccccc2Cl)C1)c1ccccc1. The maximum Gasteiger partial charge on any atom is 0.251 e. The molecule has 1 fully saturated rings. The topological polar surface area (TPSA) is 85.6 Å². The van der Waals surface area contributed by atoms with Gasteiger partial charge in [-0.25, -0.2) is 9.97 Å². The van der Waals surface area contributed by atoms with E-state index in [9.17, 15) is 4.79 Å². The van der Waals surface area contributed by atoms with Crippen molar-refractivity contribution in [3.63, 3.8) is 0 Å². The first-order valence-corrected chi connectivity index (χ1v) is 10.4. The lowest BCUT2D eigenvalue weighted by atomic mass is 9.79. The summed E-state index contributed by atoms with van der Waals surface area (Å²) in [4.78, 5) is 20.8. The highest BCUT2D eigenvalue weighted by Crippen LogP contribution is 2.39. The molecule has 0 bridgehead atoms. The maximum absolute atomic E-state index is 12.4. The van der Waals surface area contributed by atoms with Crippen molar-refractivity contribution in [1.82, 2.24) is 30.0 Å². The van der Waals surface area contributed by atoms with E-state index in [2.05, 4.69) is 25.5 Å². The van der Waals surface area contributed by atoms with Crippen molar-refractivity contribution >= 4 is 17.5 Å². The minimum Gasteiger partial charge on any atom is -0.349 e. The van der Waals surface area contributed by atoms with E-state index in [4.69, 9.17) is 11.6 Å². The fourth-order valence-corrected chi connectivity index (χ4v) is 4.05. The molecule has 0 aliphatic heterocycles. The molecule has 1 aliphatic carbocycles. The lowest BCUT2D eigenvalue weighted by Gasteiger charge is -2.35. The Hall–Kier alpha value is -3.58. The number of nitrogens with zero attached hydrogens (tertiary/aromatic N) is 5. The van der Waals surface area contributed by atoms with E-state index in [1.54, 1.807) is 12.3 Å². The molecule has 2 aromatic carbocycles. The second-order valence-electron chi connectivity index (χ2n) is 7.47. The van der Waals surface area contributed by atoms with E-state index in [1.165, 1.54) is 6.33 Å². The molecule has 31 heavy (non-hydrogen) atoms. The summed E-state index contributed by atoms with van der Waals surface area (Å²) in [5, 5.41) is 12.6. The van der Waals surface area contributed by atoms with Gasteiger partial charge in [0.25, 0.3) is 5.91 Å². The van der Waals surface area contributed by atoms with Gasteiger partial charge in [-0.3, -0.25) is 9.36 Å². The molecule has 7 nitrogen and oxygen atoms in total. The molecule has 2 heterocycles. The molecule has 0 spiro atoms. The Balaban J connectivity index is 1.41. The first-order chi connectivity index (χ1) is 15.2. The fraction of sp³-hybridized carbons (Fsp3) is 0.174. The van der Waals surface area contributed by atoms with Crippen LogP contribution in [0.25, 0.3) is 17.2 Å². The number of carbonyl (C=O) groups is 1. The van der Waals surface area contributed by atoms with E-state index in [0.717, 1.165) is 24.4 Å². The summed E-state index contributed by atoms with van der Waals surface area (Å²) in [5.41, 5.74) is 2.13. The lowest BCUT2D eigenvalue weighted by molar-refractivity contribution is 0.0907. The molecule has 5 rings (SSSR count). The summed E-state index contributed by atoms with van der Waals surface area (Å²) in [7, 11) is 0. The zero-order valence-electron chi connectivity index (χ0n) is 16.5. The van der Waals surface area contributed by atoms with Gasteiger partial charge in [0.15, 0.2) is 5.82 Å². The van der Waals surface area contributed by atoms with Gasteiger partial charge in [0.05, 0.1) is 10.7 Å². The number of carbonyl (C=O) groups excluding carboxylic acids is 1. The van der Waals surface area contributed by atoms with Crippen LogP contribution in [0.3, 0.4) is 0 Å². The van der Waals surface area contributed by atoms with E-state index in [-0.39, 0.29) is 17.9 Å². The van der Waals surface area contributed by atoms with Gasteiger partial charge in [0.1, 0.15) is 17.8 Å². The molecular formula is C23H19ClN6O. The van der Waals surface area contributed by atoms with E-state index in [0.29, 0.717) is 22.1 Å². The van der Waals surface area contributed by atoms with Crippen molar-refractivity contribution in [2.45, 2.75) is 24.8 Å². The first kappa shape index (κ1) is 19.4. The Kier molecular flexibility index (Phi) is 5.18. The summed E-state index contributed by atoms with van der Waals surface area (Å²) in [5.74, 6) is 1.52. The third kappa shape index (κ3) is 3.80. The number of para-hydroxylation sites is 1. The summed E-state index contributed by atoms with van der Waals surface area (Å²) < 4.78 is 1.96. The Morgan fingerprint density at radius 1 is 1.00 bits per heavy atom. The van der Waals surface area contributed by atoms with Crippen LogP contribution < -0.4 is 5.32 Å². The number of halogens is 1. The summed E-state index contributed by atoms with van der Waals surface area (Å²) in [6, 6.07) is 18.7. The lowest BCUT2D eigenvalue weighted by Crippen LogP contribution is -2.44. The molecule has 1 saturated carbocycles. The largest absolute Gasteiger partial charge is 0.349 e. The van der Waals surface area contributed by atoms with Gasteiger partial charge in [-0.2, -0.15) is 0 Å². The molecule has 0 radical (unpaired) electrons. The third-order valence-electron chi connectivity index (χ3n) is 5.47. The molecular weight excluding hydrogens is 412 g/mol. The minimum absolute atomic E-state index is 0.0571. The second-order valence-corrected chi connectivity index (χ2v) is 7.88. The highest BCUT2D eigenvalue weighted by molar-refractivity contribution is 6.32. The molecule has 8 heteroatoms. The number of rotatable bonds is 5. The normalized spacial score (nSPS) is 17.7. The Morgan fingerprint density at radius 3 is 2.52 bits per heavy atom. The zero-order chi connectivity index (χ0) is 21.2. The van der Waals surface area contributed by atoms with Gasteiger partial charge in [-0.15, -0.1) is 10.2 Å². The van der Waals surface area contributed by atoms with Gasteiger partial charge < -0.3 is 5.32 Å². The molecule has 1 aliphatic rings. The van der Waals surface area contributed by atoms with Gasteiger partial charge in [0.2, 0.25) is 0 Å². The van der Waals surface area contributed by atoms with E-state index in [1.807, 2.05) is 59.2 Å². The van der Waals surface area contributed by atoms with Crippen molar-refractivity contribution in [2.75, 3.05) is 0 Å². The van der Waals surface area contributed by atoms with Crippen molar-refractivity contribution in [3.8, 4) is 17.2 Å². The third-order valence-corrected chi connectivity index (χ3v) is 5.79. The summed E-state index contributed by atoms with van der Waals surface area (Å²) in [6.07, 6.45) is 4.72. The number of hydrogen-bond acceptors (Lipinski definition) is 5. The summed E-state index contributed by atoms with van der Waals surface area (Å²) in [6.45, 7) is 0. The van der Waals surface area contributed by atoms with E-state index >= 15 is 0 Å². The Bertz CT molecular complexity index is 1210. The molecule has 4 aromatic rings. The number of nitrogens with one attached hydrogen (secondary N) is 1. The highest BCUT2D eigenvalue weighted by Gasteiger charge is 2.36. The standard InChI is InChI=1S/C23H19ClN6O/c24-18-8-4-5-9-20(18)30-21(28-29-22(30)19-10-11-25-14-26-19)16-12-17(13-16)27-23(31)15-6-2-1-3-7-15/h1-11,14,16-17H,12-13H2,(H,27,31)/t16-,17-. The predicted octanol–water partition coefficient (Wildman–Crippen LogP) is 4.05. The van der Waals surface area contributed by atoms with Crippen LogP contribution in [0.1, 0.15) is 34.9 Å². The van der Waals surface area contributed by atoms with Gasteiger partial charge >= 0.3 is 0 Å². The Morgan fingerprint density at radius 2 is 1.77 bits per heavy atom. The number of aromatic nitrogens is 5. The van der Waals surface area contributed by atoms with Crippen LogP contribution in [-0.2, 0) is 0 Å². The van der Waals surface area contributed by atoms with Crippen LogP contribution in [0.2, 0.25) is 5.02 Å². The maximum atomic E-state index is 12.4. The minimum atomic E-state index is -0.0571. The van der Waals surface area contributed by atoms with Gasteiger partial charge in [-0.05, 0) is 43.2 Å². The number of benzene rings is 2. The monoisotopic (exact) mass is 430 g/mol. The zero-order valence-corrected chi connectivity index (χ0v) is 17.3. The van der Waals surface area contributed by atoms with Crippen molar-refractivity contribution in [2.24, 2.45) is 0 Å². The van der Waals surface area contributed by atoms with Crippen molar-refractivity contribution in [3.05, 3.63) is 89.6 Å². The van der Waals surface area contributed by atoms with Gasteiger partial charge in [0, 0.05) is 23.7 Å². The van der Waals surface area contributed by atoms with Crippen LogP contribution in [0, 0.1) is 0 Å². The highest BCUT2D eigenvalue weighted by atomic mass is 35.5. The fourth-order valence-electron chi connectivity index (χ4n) is 3.82. The summed E-state index contributed by atoms with van der Waals surface area (Å²) >= 11 is 6.51. The van der Waals surface area contributed by atoms with Gasteiger partial charge in [-0.1, -0.05) is 41.9 Å². The molecule has 154 valence electrons. The first-order valence-electron chi connectivity index (χ1n) is 10.0. The molecule has 2 aromatic heterocycles. The van der Waals surface area contributed by atoms with Crippen LogP contribution in [-0.4, -0.2) is 36.7 Å². The molecule has 1 amide bonds. The molecule has 1 N–H and O–H groups in total. The molecule has 0 atom stereocenters. The second kappa shape index (κ2) is 8.28. The molecule has 0 saturated heterocycles. The smallest absolute Gasteiger partial charge is 0.251 e. The quantitative estimate of drug-likeness (QED) is 0.516. The van der Waals surface area contributed by atoms with Crippen molar-refractivity contribution in [1.29, 1.82) is 0 Å². The predicted molar refractivity (Wildman–Crippen MR) is 117 cm³/mol. The van der Waals surface area contributed by atoms with Crippen LogP contribution >= 0.6 is 11.6 Å².